The van der Waals surface area contributed by atoms with E-state index >= 15 is 0 Å². The molecule has 1 N–H and O–H groups in total. The van der Waals surface area contributed by atoms with Gasteiger partial charge in [-0.1, -0.05) is 0 Å². The fraction of sp³-hybridized carbons (Fsp3) is 0.333. The minimum atomic E-state index is -4.56. The summed E-state index contributed by atoms with van der Waals surface area (Å²) in [6.45, 7) is 0.792. The smallest absolute Gasteiger partial charge is 0.416 e. The molecule has 0 aliphatic carbocycles. The second kappa shape index (κ2) is 7.74. The van der Waals surface area contributed by atoms with Crippen LogP contribution in [0.15, 0.2) is 42.7 Å². The van der Waals surface area contributed by atoms with Gasteiger partial charge in [-0.05, 0) is 37.1 Å². The molecule has 0 saturated carbocycles. The van der Waals surface area contributed by atoms with Crippen LogP contribution in [0.1, 0.15) is 28.8 Å². The highest BCUT2D eigenvalue weighted by Gasteiger charge is 2.32. The molecule has 1 fully saturated rings. The number of carbonyl (C=O) groups is 1. The number of aromatic nitrogens is 1. The van der Waals surface area contributed by atoms with Crippen molar-refractivity contribution in [2.24, 2.45) is 0 Å². The average Bonchev–Trinajstić information content (AvgIpc) is 3.13. The van der Waals surface area contributed by atoms with Crippen molar-refractivity contribution < 1.29 is 27.4 Å². The first kappa shape index (κ1) is 18.2. The Labute approximate surface area is 148 Å². The van der Waals surface area contributed by atoms with Crippen LogP contribution in [0.2, 0.25) is 0 Å². The van der Waals surface area contributed by atoms with Crippen molar-refractivity contribution in [3.8, 4) is 5.75 Å². The van der Waals surface area contributed by atoms with E-state index in [-0.39, 0.29) is 29.7 Å². The lowest BCUT2D eigenvalue weighted by Gasteiger charge is -2.15. The molecular formula is C18H17F3N2O3. The Kier molecular flexibility index (Phi) is 5.41. The second-order valence-electron chi connectivity index (χ2n) is 5.89. The van der Waals surface area contributed by atoms with Crippen LogP contribution in [0.5, 0.6) is 5.75 Å². The number of hydrogen-bond donors (Lipinski definition) is 1. The van der Waals surface area contributed by atoms with Crippen LogP contribution in [0.3, 0.4) is 0 Å². The molecule has 1 atom stereocenters. The minimum absolute atomic E-state index is 0.00369. The number of pyridine rings is 1. The minimum Gasteiger partial charge on any atom is -0.491 e. The van der Waals surface area contributed by atoms with E-state index in [4.69, 9.17) is 9.47 Å². The lowest BCUT2D eigenvalue weighted by atomic mass is 10.1. The maximum atomic E-state index is 13.1. The summed E-state index contributed by atoms with van der Waals surface area (Å²) in [6.07, 6.45) is -0.141. The van der Waals surface area contributed by atoms with Crippen molar-refractivity contribution in [2.45, 2.75) is 25.1 Å². The molecule has 0 bridgehead atoms. The molecule has 1 aliphatic rings. The van der Waals surface area contributed by atoms with Gasteiger partial charge in [-0.2, -0.15) is 13.2 Å². The molecular weight excluding hydrogens is 349 g/mol. The zero-order valence-corrected chi connectivity index (χ0v) is 13.8. The van der Waals surface area contributed by atoms with Gasteiger partial charge in [-0.25, -0.2) is 0 Å². The van der Waals surface area contributed by atoms with Crippen LogP contribution in [0.25, 0.3) is 0 Å². The first-order valence-electron chi connectivity index (χ1n) is 8.10. The van der Waals surface area contributed by atoms with Gasteiger partial charge in [0.2, 0.25) is 0 Å². The number of rotatable bonds is 5. The van der Waals surface area contributed by atoms with E-state index in [0.717, 1.165) is 25.0 Å². The van der Waals surface area contributed by atoms with Gasteiger partial charge in [0.15, 0.2) is 0 Å². The molecule has 0 radical (unpaired) electrons. The number of benzene rings is 1. The van der Waals surface area contributed by atoms with E-state index in [1.807, 2.05) is 0 Å². The number of nitrogens with zero attached hydrogens (tertiary/aromatic N) is 1. The fourth-order valence-corrected chi connectivity index (χ4v) is 2.58. The molecule has 2 heterocycles. The fourth-order valence-electron chi connectivity index (χ4n) is 2.58. The summed E-state index contributed by atoms with van der Waals surface area (Å²) in [5.41, 5.74) is -0.661. The van der Waals surface area contributed by atoms with Gasteiger partial charge in [0, 0.05) is 30.8 Å². The van der Waals surface area contributed by atoms with Gasteiger partial charge in [0.05, 0.1) is 17.2 Å². The van der Waals surface area contributed by atoms with E-state index in [9.17, 15) is 18.0 Å². The number of nitrogens with one attached hydrogen (secondary N) is 1. The summed E-state index contributed by atoms with van der Waals surface area (Å²) in [6, 6.07) is 6.22. The van der Waals surface area contributed by atoms with Gasteiger partial charge in [0.25, 0.3) is 5.91 Å². The summed E-state index contributed by atoms with van der Waals surface area (Å²) < 4.78 is 50.3. The summed E-state index contributed by atoms with van der Waals surface area (Å²) in [4.78, 5) is 16.0. The van der Waals surface area contributed by atoms with E-state index in [2.05, 4.69) is 10.3 Å². The van der Waals surface area contributed by atoms with Gasteiger partial charge < -0.3 is 14.8 Å². The molecule has 1 aromatic carbocycles. The predicted octanol–water partition coefficient (Wildman–Crippen LogP) is 3.91. The highest BCUT2D eigenvalue weighted by atomic mass is 19.4. The summed E-state index contributed by atoms with van der Waals surface area (Å²) in [5, 5.41) is 2.45. The number of ether oxygens (including phenoxy) is 2. The van der Waals surface area contributed by atoms with Crippen LogP contribution in [0.4, 0.5) is 18.9 Å². The summed E-state index contributed by atoms with van der Waals surface area (Å²) in [5.74, 6) is -0.528. The van der Waals surface area contributed by atoms with E-state index < -0.39 is 17.6 Å². The Morgan fingerprint density at radius 3 is 2.85 bits per heavy atom. The third kappa shape index (κ3) is 4.72. The van der Waals surface area contributed by atoms with Gasteiger partial charge in [0.1, 0.15) is 12.4 Å². The standard InChI is InChI=1S/C18H17F3N2O3/c19-18(20,21)13-7-14(23-17(24)12-3-1-5-22-10-12)9-16(8-13)26-11-15-4-2-6-25-15/h1,3,5,7-10,15H,2,4,6,11H2,(H,23,24)/t15-/m1/s1. The third-order valence-electron chi connectivity index (χ3n) is 3.88. The monoisotopic (exact) mass is 366 g/mol. The van der Waals surface area contributed by atoms with Crippen molar-refractivity contribution >= 4 is 11.6 Å². The molecule has 8 heteroatoms. The number of amides is 1. The number of alkyl halides is 3. The largest absolute Gasteiger partial charge is 0.491 e. The van der Waals surface area contributed by atoms with Crippen molar-refractivity contribution in [2.75, 3.05) is 18.5 Å². The second-order valence-corrected chi connectivity index (χ2v) is 5.89. The number of anilines is 1. The summed E-state index contributed by atoms with van der Waals surface area (Å²) >= 11 is 0. The van der Waals surface area contributed by atoms with Gasteiger partial charge >= 0.3 is 6.18 Å². The molecule has 1 aromatic heterocycles. The maximum Gasteiger partial charge on any atom is 0.416 e. The normalized spacial score (nSPS) is 17.1. The van der Waals surface area contributed by atoms with E-state index in [0.29, 0.717) is 6.61 Å². The first-order valence-corrected chi connectivity index (χ1v) is 8.10. The van der Waals surface area contributed by atoms with Gasteiger partial charge in [-0.15, -0.1) is 0 Å². The topological polar surface area (TPSA) is 60.5 Å². The molecule has 26 heavy (non-hydrogen) atoms. The first-order chi connectivity index (χ1) is 12.4. The van der Waals surface area contributed by atoms with Crippen LogP contribution in [-0.2, 0) is 10.9 Å². The van der Waals surface area contributed by atoms with Crippen molar-refractivity contribution in [3.05, 3.63) is 53.9 Å². The van der Waals surface area contributed by atoms with Crippen LogP contribution in [0, 0.1) is 0 Å². The highest BCUT2D eigenvalue weighted by Crippen LogP contribution is 2.34. The van der Waals surface area contributed by atoms with Crippen molar-refractivity contribution in [1.29, 1.82) is 0 Å². The summed E-state index contributed by atoms with van der Waals surface area (Å²) in [7, 11) is 0. The average molecular weight is 366 g/mol. The van der Waals surface area contributed by atoms with Crippen molar-refractivity contribution in [1.82, 2.24) is 4.98 Å². The van der Waals surface area contributed by atoms with E-state index in [1.165, 1.54) is 24.5 Å². The van der Waals surface area contributed by atoms with Crippen molar-refractivity contribution in [3.63, 3.8) is 0 Å². The predicted molar refractivity (Wildman–Crippen MR) is 88.1 cm³/mol. The van der Waals surface area contributed by atoms with Crippen LogP contribution >= 0.6 is 0 Å². The molecule has 1 amide bonds. The molecule has 1 aliphatic heterocycles. The van der Waals surface area contributed by atoms with Gasteiger partial charge in [-0.3, -0.25) is 9.78 Å². The lowest BCUT2D eigenvalue weighted by Crippen LogP contribution is -2.17. The highest BCUT2D eigenvalue weighted by molar-refractivity contribution is 6.04. The maximum absolute atomic E-state index is 13.1. The number of hydrogen-bond acceptors (Lipinski definition) is 4. The molecule has 0 spiro atoms. The Hall–Kier alpha value is -2.61. The number of halogens is 3. The molecule has 0 unspecified atom stereocenters. The molecule has 2 aromatic rings. The zero-order chi connectivity index (χ0) is 18.6. The molecule has 138 valence electrons. The zero-order valence-electron chi connectivity index (χ0n) is 13.8. The Bertz CT molecular complexity index is 760. The Morgan fingerprint density at radius 1 is 1.35 bits per heavy atom. The number of carbonyl (C=O) groups excluding carboxylic acids is 1. The Balaban J connectivity index is 1.79. The SMILES string of the molecule is O=C(Nc1cc(OC[C@H]2CCCO2)cc(C(F)(F)F)c1)c1cccnc1. The van der Waals surface area contributed by atoms with E-state index in [1.54, 1.807) is 6.07 Å². The van der Waals surface area contributed by atoms with Crippen LogP contribution in [-0.4, -0.2) is 30.2 Å². The molecule has 1 saturated heterocycles. The molecule has 3 rings (SSSR count). The molecule has 5 nitrogen and oxygen atoms in total. The quantitative estimate of drug-likeness (QED) is 0.872. The third-order valence-corrected chi connectivity index (χ3v) is 3.88. The Morgan fingerprint density at radius 2 is 2.19 bits per heavy atom. The lowest BCUT2D eigenvalue weighted by molar-refractivity contribution is -0.137. The van der Waals surface area contributed by atoms with Crippen LogP contribution < -0.4 is 10.1 Å².